The maximum absolute atomic E-state index is 11.7. The minimum atomic E-state index is -4.52. The summed E-state index contributed by atoms with van der Waals surface area (Å²) in [5, 5.41) is 2.95. The number of nitrogens with zero attached hydrogens (tertiary/aromatic N) is 4. The fraction of sp³-hybridized carbons (Fsp3) is 0.417. The lowest BCUT2D eigenvalue weighted by Crippen LogP contribution is -2.32. The number of hydrogen-bond acceptors (Lipinski definition) is 3. The first kappa shape index (κ1) is 17.0. The summed E-state index contributed by atoms with van der Waals surface area (Å²) in [6.07, 6.45) is 2.18. The minimum absolute atomic E-state index is 0.00602. The van der Waals surface area contributed by atoms with E-state index in [-0.39, 0.29) is 17.8 Å². The topological polar surface area (TPSA) is 123 Å². The molecule has 21 heavy (non-hydrogen) atoms. The summed E-state index contributed by atoms with van der Waals surface area (Å²) in [4.78, 5) is 14.1. The van der Waals surface area contributed by atoms with Gasteiger partial charge in [0.25, 0.3) is 5.91 Å². The van der Waals surface area contributed by atoms with Gasteiger partial charge in [-0.05, 0) is 29.2 Å². The van der Waals surface area contributed by atoms with E-state index >= 15 is 0 Å². The summed E-state index contributed by atoms with van der Waals surface area (Å²) < 4.78 is 33.1. The van der Waals surface area contributed by atoms with Crippen LogP contribution in [0, 0.1) is 0 Å². The molecule has 0 spiro atoms. The summed E-state index contributed by atoms with van der Waals surface area (Å²) >= 11 is 0. The third kappa shape index (κ3) is 4.75. The summed E-state index contributed by atoms with van der Waals surface area (Å²) in [6.45, 7) is 1.99. The standard InChI is InChI=1S/C12H16N4O4S/c1-2-3-6-9-16(21(18,19)20)11-8-5-4-7-10(11)12(17)14-15-13/h4-5,7-8H,2-3,6,9H2,1H3,(H,18,19,20). The van der Waals surface area contributed by atoms with Crippen LogP contribution in [-0.2, 0) is 10.3 Å². The van der Waals surface area contributed by atoms with Crippen molar-refractivity contribution in [2.75, 3.05) is 10.8 Å². The van der Waals surface area contributed by atoms with Crippen LogP contribution in [0.2, 0.25) is 0 Å². The number of para-hydroxylation sites is 1. The number of hydrogen-bond donors (Lipinski definition) is 1. The number of unbranched alkanes of at least 4 members (excludes halogenated alkanes) is 2. The van der Waals surface area contributed by atoms with E-state index < -0.39 is 16.2 Å². The number of benzene rings is 1. The van der Waals surface area contributed by atoms with Crippen LogP contribution < -0.4 is 4.31 Å². The van der Waals surface area contributed by atoms with Gasteiger partial charge in [0.05, 0.1) is 5.69 Å². The van der Waals surface area contributed by atoms with Crippen LogP contribution in [0.15, 0.2) is 29.4 Å². The van der Waals surface area contributed by atoms with Gasteiger partial charge in [-0.25, -0.2) is 4.31 Å². The number of azide groups is 1. The Morgan fingerprint density at radius 2 is 2.05 bits per heavy atom. The van der Waals surface area contributed by atoms with Gasteiger partial charge in [0, 0.05) is 17.0 Å². The molecule has 0 aliphatic rings. The largest absolute Gasteiger partial charge is 0.359 e. The van der Waals surface area contributed by atoms with Crippen molar-refractivity contribution in [2.24, 2.45) is 5.11 Å². The van der Waals surface area contributed by atoms with Crippen LogP contribution in [0.1, 0.15) is 36.5 Å². The molecule has 0 saturated heterocycles. The van der Waals surface area contributed by atoms with Gasteiger partial charge in [0.15, 0.2) is 0 Å². The van der Waals surface area contributed by atoms with Crippen molar-refractivity contribution >= 4 is 21.9 Å². The smallest absolute Gasteiger partial charge is 0.287 e. The molecule has 0 aliphatic carbocycles. The third-order valence-corrected chi connectivity index (χ3v) is 3.72. The molecule has 0 fully saturated rings. The highest BCUT2D eigenvalue weighted by Gasteiger charge is 2.23. The van der Waals surface area contributed by atoms with Gasteiger partial charge in [-0.3, -0.25) is 9.35 Å². The van der Waals surface area contributed by atoms with Crippen molar-refractivity contribution in [3.63, 3.8) is 0 Å². The molecule has 1 aromatic rings. The van der Waals surface area contributed by atoms with Crippen molar-refractivity contribution in [1.82, 2.24) is 0 Å². The van der Waals surface area contributed by atoms with Crippen LogP contribution in [0.5, 0.6) is 0 Å². The molecular weight excluding hydrogens is 296 g/mol. The second kappa shape index (κ2) is 7.63. The van der Waals surface area contributed by atoms with Gasteiger partial charge in [-0.2, -0.15) is 8.42 Å². The first-order valence-electron chi connectivity index (χ1n) is 6.35. The molecule has 8 nitrogen and oxygen atoms in total. The Morgan fingerprint density at radius 3 is 2.62 bits per heavy atom. The van der Waals surface area contributed by atoms with E-state index in [4.69, 9.17) is 5.53 Å². The van der Waals surface area contributed by atoms with Gasteiger partial charge >= 0.3 is 10.3 Å². The fourth-order valence-corrected chi connectivity index (χ4v) is 2.60. The Balaban J connectivity index is 3.25. The SMILES string of the molecule is CCCCCN(c1ccccc1C(=O)N=[N+]=[N-])S(=O)(=O)O. The van der Waals surface area contributed by atoms with E-state index in [0.29, 0.717) is 6.42 Å². The normalized spacial score (nSPS) is 10.8. The maximum Gasteiger partial charge on any atom is 0.359 e. The molecule has 1 aromatic carbocycles. The zero-order chi connectivity index (χ0) is 15.9. The lowest BCUT2D eigenvalue weighted by atomic mass is 10.1. The third-order valence-electron chi connectivity index (χ3n) is 2.78. The molecule has 114 valence electrons. The van der Waals surface area contributed by atoms with Crippen molar-refractivity contribution < 1.29 is 17.8 Å². The lowest BCUT2D eigenvalue weighted by Gasteiger charge is -2.22. The van der Waals surface area contributed by atoms with Crippen molar-refractivity contribution in [3.8, 4) is 0 Å². The highest BCUT2D eigenvalue weighted by Crippen LogP contribution is 2.24. The number of carbonyl (C=O) groups excluding carboxylic acids is 1. The Labute approximate surface area is 122 Å². The summed E-state index contributed by atoms with van der Waals surface area (Å²) in [5.74, 6) is -0.905. The van der Waals surface area contributed by atoms with Crippen molar-refractivity contribution in [2.45, 2.75) is 26.2 Å². The molecule has 0 aromatic heterocycles. The molecule has 0 atom stereocenters. The molecule has 1 amide bonds. The van der Waals surface area contributed by atoms with E-state index in [2.05, 4.69) is 10.0 Å². The molecular formula is C12H16N4O4S. The Morgan fingerprint density at radius 1 is 1.38 bits per heavy atom. The molecule has 0 radical (unpaired) electrons. The van der Waals surface area contributed by atoms with Crippen LogP contribution >= 0.6 is 0 Å². The first-order chi connectivity index (χ1) is 9.91. The van der Waals surface area contributed by atoms with Crippen molar-refractivity contribution in [3.05, 3.63) is 40.3 Å². The van der Waals surface area contributed by atoms with Crippen molar-refractivity contribution in [1.29, 1.82) is 0 Å². The van der Waals surface area contributed by atoms with E-state index in [1.165, 1.54) is 24.3 Å². The molecule has 0 aliphatic heterocycles. The zero-order valence-corrected chi connectivity index (χ0v) is 12.3. The van der Waals surface area contributed by atoms with Gasteiger partial charge in [-0.1, -0.05) is 31.9 Å². The minimum Gasteiger partial charge on any atom is -0.287 e. The monoisotopic (exact) mass is 312 g/mol. The zero-order valence-electron chi connectivity index (χ0n) is 11.5. The quantitative estimate of drug-likeness (QED) is 0.273. The van der Waals surface area contributed by atoms with Gasteiger partial charge in [0.2, 0.25) is 0 Å². The molecule has 0 unspecified atom stereocenters. The van der Waals surface area contributed by atoms with Crippen LogP contribution in [0.25, 0.3) is 10.4 Å². The maximum atomic E-state index is 11.7. The predicted octanol–water partition coefficient (Wildman–Crippen LogP) is 2.94. The van der Waals surface area contributed by atoms with Gasteiger partial charge in [-0.15, -0.1) is 0 Å². The fourth-order valence-electron chi connectivity index (χ4n) is 1.83. The van der Waals surface area contributed by atoms with Gasteiger partial charge < -0.3 is 0 Å². The molecule has 0 heterocycles. The second-order valence-corrected chi connectivity index (χ2v) is 5.61. The lowest BCUT2D eigenvalue weighted by molar-refractivity contribution is 0.100. The number of rotatable bonds is 7. The summed E-state index contributed by atoms with van der Waals surface area (Å²) in [6, 6.07) is 5.75. The molecule has 1 N–H and O–H groups in total. The second-order valence-electron chi connectivity index (χ2n) is 4.27. The molecule has 0 bridgehead atoms. The molecule has 0 saturated carbocycles. The highest BCUT2D eigenvalue weighted by molar-refractivity contribution is 7.87. The number of amides is 1. The molecule has 1 rings (SSSR count). The Bertz CT molecular complexity index is 653. The predicted molar refractivity (Wildman–Crippen MR) is 78.3 cm³/mol. The van der Waals surface area contributed by atoms with E-state index in [1.54, 1.807) is 0 Å². The number of anilines is 1. The van der Waals surface area contributed by atoms with E-state index in [0.717, 1.165) is 17.1 Å². The number of carbonyl (C=O) groups is 1. The highest BCUT2D eigenvalue weighted by atomic mass is 32.2. The average molecular weight is 312 g/mol. The first-order valence-corrected chi connectivity index (χ1v) is 7.75. The Kier molecular flexibility index (Phi) is 6.16. The average Bonchev–Trinajstić information content (AvgIpc) is 2.42. The molecule has 9 heteroatoms. The van der Waals surface area contributed by atoms with Crippen LogP contribution in [0.4, 0.5) is 5.69 Å². The summed E-state index contributed by atoms with van der Waals surface area (Å²) in [5.41, 5.74) is 8.23. The van der Waals surface area contributed by atoms with E-state index in [1.807, 2.05) is 6.92 Å². The van der Waals surface area contributed by atoms with Crippen LogP contribution in [-0.4, -0.2) is 25.4 Å². The van der Waals surface area contributed by atoms with Gasteiger partial charge in [0.1, 0.15) is 0 Å². The Hall–Kier alpha value is -2.09. The van der Waals surface area contributed by atoms with Crippen LogP contribution in [0.3, 0.4) is 0 Å². The van der Waals surface area contributed by atoms with E-state index in [9.17, 15) is 17.8 Å². The summed E-state index contributed by atoms with van der Waals surface area (Å²) in [7, 11) is -4.52.